The zero-order valence-corrected chi connectivity index (χ0v) is 9.93. The molecule has 0 aromatic heterocycles. The Labute approximate surface area is 98.4 Å². The van der Waals surface area contributed by atoms with Crippen LogP contribution >= 0.6 is 0 Å². The molecule has 1 fully saturated rings. The van der Waals surface area contributed by atoms with E-state index >= 15 is 0 Å². The van der Waals surface area contributed by atoms with Gasteiger partial charge >= 0.3 is 0 Å². The number of hydrogen-bond donors (Lipinski definition) is 2. The first-order valence-electron chi connectivity index (χ1n) is 6.26. The second kappa shape index (κ2) is 8.18. The van der Waals surface area contributed by atoms with E-state index in [2.05, 4.69) is 16.6 Å². The fraction of sp³-hybridized carbons (Fsp3) is 0.769. The van der Waals surface area contributed by atoms with Gasteiger partial charge in [0.25, 0.3) is 0 Å². The number of rotatable bonds is 5. The van der Waals surface area contributed by atoms with Crippen LogP contribution in [-0.2, 0) is 4.79 Å². The summed E-state index contributed by atoms with van der Waals surface area (Å²) < 4.78 is 0. The van der Waals surface area contributed by atoms with Gasteiger partial charge in [-0.15, -0.1) is 12.3 Å². The van der Waals surface area contributed by atoms with Crippen LogP contribution in [0.4, 0.5) is 0 Å². The van der Waals surface area contributed by atoms with Crippen LogP contribution in [0, 0.1) is 12.3 Å². The van der Waals surface area contributed by atoms with Crippen LogP contribution in [0.2, 0.25) is 0 Å². The average molecular weight is 222 g/mol. The molecule has 90 valence electrons. The van der Waals surface area contributed by atoms with E-state index in [4.69, 9.17) is 6.42 Å². The molecule has 0 saturated heterocycles. The molecule has 0 radical (unpaired) electrons. The van der Waals surface area contributed by atoms with Crippen LogP contribution in [0.1, 0.15) is 44.9 Å². The molecule has 1 aliphatic carbocycles. The van der Waals surface area contributed by atoms with E-state index in [9.17, 15) is 4.79 Å². The van der Waals surface area contributed by atoms with Crippen molar-refractivity contribution in [1.82, 2.24) is 10.6 Å². The smallest absolute Gasteiger partial charge is 0.234 e. The molecule has 0 unspecified atom stereocenters. The number of nitrogens with one attached hydrogen (secondary N) is 2. The van der Waals surface area contributed by atoms with Gasteiger partial charge in [0, 0.05) is 19.0 Å². The topological polar surface area (TPSA) is 41.1 Å². The van der Waals surface area contributed by atoms with Gasteiger partial charge in [-0.25, -0.2) is 0 Å². The Bertz CT molecular complexity index is 237. The first-order valence-corrected chi connectivity index (χ1v) is 6.26. The maximum atomic E-state index is 11.6. The van der Waals surface area contributed by atoms with Crippen molar-refractivity contribution in [3.63, 3.8) is 0 Å². The molecule has 3 heteroatoms. The van der Waals surface area contributed by atoms with Gasteiger partial charge in [0.05, 0.1) is 6.54 Å². The van der Waals surface area contributed by atoms with E-state index < -0.39 is 0 Å². The Morgan fingerprint density at radius 3 is 2.56 bits per heavy atom. The van der Waals surface area contributed by atoms with Crippen molar-refractivity contribution in [1.29, 1.82) is 0 Å². The summed E-state index contributed by atoms with van der Waals surface area (Å²) in [7, 11) is 0. The Kier molecular flexibility index (Phi) is 6.67. The van der Waals surface area contributed by atoms with Gasteiger partial charge in [-0.05, 0) is 12.8 Å². The van der Waals surface area contributed by atoms with Gasteiger partial charge in [-0.2, -0.15) is 0 Å². The van der Waals surface area contributed by atoms with E-state index in [0.29, 0.717) is 25.6 Å². The zero-order valence-electron chi connectivity index (χ0n) is 9.93. The molecule has 1 saturated carbocycles. The lowest BCUT2D eigenvalue weighted by molar-refractivity contribution is -0.121. The summed E-state index contributed by atoms with van der Waals surface area (Å²) in [6.07, 6.45) is 13.2. The highest BCUT2D eigenvalue weighted by Crippen LogP contribution is 2.16. The lowest BCUT2D eigenvalue weighted by Gasteiger charge is -2.16. The van der Waals surface area contributed by atoms with Gasteiger partial charge in [0.2, 0.25) is 5.91 Å². The van der Waals surface area contributed by atoms with Crippen LogP contribution in [0.3, 0.4) is 0 Å². The van der Waals surface area contributed by atoms with Crippen molar-refractivity contribution in [2.75, 3.05) is 13.1 Å². The molecule has 3 nitrogen and oxygen atoms in total. The summed E-state index contributed by atoms with van der Waals surface area (Å²) in [6, 6.07) is 0.393. The Hall–Kier alpha value is -1.01. The molecule has 1 rings (SSSR count). The summed E-state index contributed by atoms with van der Waals surface area (Å²) in [5.41, 5.74) is 0. The summed E-state index contributed by atoms with van der Waals surface area (Å²) in [5.74, 6) is 2.64. The summed E-state index contributed by atoms with van der Waals surface area (Å²) in [4.78, 5) is 11.6. The summed E-state index contributed by atoms with van der Waals surface area (Å²) >= 11 is 0. The third-order valence-electron chi connectivity index (χ3n) is 2.95. The molecule has 0 aromatic carbocycles. The number of carbonyl (C=O) groups is 1. The van der Waals surface area contributed by atoms with Crippen LogP contribution in [-0.4, -0.2) is 25.0 Å². The average Bonchev–Trinajstić information content (AvgIpc) is 2.53. The molecule has 0 bridgehead atoms. The van der Waals surface area contributed by atoms with Crippen LogP contribution < -0.4 is 10.6 Å². The number of carbonyl (C=O) groups excluding carboxylic acids is 1. The fourth-order valence-electron chi connectivity index (χ4n) is 2.06. The molecule has 2 N–H and O–H groups in total. The highest BCUT2D eigenvalue weighted by Gasteiger charge is 2.13. The van der Waals surface area contributed by atoms with Crippen molar-refractivity contribution < 1.29 is 4.79 Å². The van der Waals surface area contributed by atoms with E-state index in [-0.39, 0.29) is 5.91 Å². The second-order valence-electron chi connectivity index (χ2n) is 4.39. The normalized spacial score (nSPS) is 17.4. The Morgan fingerprint density at radius 1 is 1.25 bits per heavy atom. The van der Waals surface area contributed by atoms with Crippen molar-refractivity contribution in [3.8, 4) is 12.3 Å². The van der Waals surface area contributed by atoms with E-state index in [1.54, 1.807) is 0 Å². The lowest BCUT2D eigenvalue weighted by atomic mass is 10.1. The van der Waals surface area contributed by atoms with Gasteiger partial charge in [0.15, 0.2) is 0 Å². The molecule has 0 atom stereocenters. The molecule has 1 aliphatic rings. The standard InChI is InChI=1S/C13H22N2O/c1-2-3-10-14-11-13(16)15-12-8-6-4-5-7-9-12/h1,12,14H,3-11H2,(H,15,16). The van der Waals surface area contributed by atoms with Gasteiger partial charge in [-0.3, -0.25) is 4.79 Å². The Balaban J connectivity index is 2.10. The van der Waals surface area contributed by atoms with Gasteiger partial charge in [-0.1, -0.05) is 25.7 Å². The molecule has 0 aliphatic heterocycles. The first-order chi connectivity index (χ1) is 7.83. The van der Waals surface area contributed by atoms with Crippen molar-refractivity contribution in [2.24, 2.45) is 0 Å². The van der Waals surface area contributed by atoms with Crippen LogP contribution in [0.5, 0.6) is 0 Å². The summed E-state index contributed by atoms with van der Waals surface area (Å²) in [6.45, 7) is 1.10. The maximum absolute atomic E-state index is 11.6. The van der Waals surface area contributed by atoms with E-state index in [0.717, 1.165) is 12.8 Å². The van der Waals surface area contributed by atoms with Crippen molar-refractivity contribution in [3.05, 3.63) is 0 Å². The monoisotopic (exact) mass is 222 g/mol. The lowest BCUT2D eigenvalue weighted by Crippen LogP contribution is -2.40. The molecular weight excluding hydrogens is 200 g/mol. The van der Waals surface area contributed by atoms with Crippen molar-refractivity contribution >= 4 is 5.91 Å². The molecule has 0 spiro atoms. The minimum Gasteiger partial charge on any atom is -0.352 e. The third-order valence-corrected chi connectivity index (χ3v) is 2.95. The van der Waals surface area contributed by atoms with Crippen molar-refractivity contribution in [2.45, 2.75) is 51.0 Å². The molecular formula is C13H22N2O. The highest BCUT2D eigenvalue weighted by molar-refractivity contribution is 5.78. The number of amides is 1. The molecule has 1 amide bonds. The van der Waals surface area contributed by atoms with E-state index in [1.807, 2.05) is 0 Å². The second-order valence-corrected chi connectivity index (χ2v) is 4.39. The Morgan fingerprint density at radius 2 is 1.94 bits per heavy atom. The minimum atomic E-state index is 0.101. The largest absolute Gasteiger partial charge is 0.352 e. The SMILES string of the molecule is C#CCCNCC(=O)NC1CCCCCC1. The van der Waals surface area contributed by atoms with Crippen LogP contribution in [0.15, 0.2) is 0 Å². The zero-order chi connectivity index (χ0) is 11.6. The van der Waals surface area contributed by atoms with Gasteiger partial charge < -0.3 is 10.6 Å². The predicted molar refractivity (Wildman–Crippen MR) is 66.0 cm³/mol. The highest BCUT2D eigenvalue weighted by atomic mass is 16.1. The number of hydrogen-bond acceptors (Lipinski definition) is 2. The maximum Gasteiger partial charge on any atom is 0.234 e. The summed E-state index contributed by atoms with van der Waals surface area (Å²) in [5, 5.41) is 6.12. The fourth-order valence-corrected chi connectivity index (χ4v) is 2.06. The molecule has 16 heavy (non-hydrogen) atoms. The third kappa shape index (κ3) is 5.77. The minimum absolute atomic E-state index is 0.101. The first kappa shape index (κ1) is 13.1. The van der Waals surface area contributed by atoms with Gasteiger partial charge in [0.1, 0.15) is 0 Å². The molecule has 0 heterocycles. The van der Waals surface area contributed by atoms with Crippen LogP contribution in [0.25, 0.3) is 0 Å². The quantitative estimate of drug-likeness (QED) is 0.420. The van der Waals surface area contributed by atoms with E-state index in [1.165, 1.54) is 25.7 Å². The molecule has 0 aromatic rings. The predicted octanol–water partition coefficient (Wildman–Crippen LogP) is 1.44. The number of terminal acetylenes is 1.